The molecule has 1 unspecified atom stereocenters. The van der Waals surface area contributed by atoms with E-state index in [1.165, 1.54) is 28.6 Å². The first-order valence-electron chi connectivity index (χ1n) is 9.63. The van der Waals surface area contributed by atoms with Crippen LogP contribution in [0.2, 0.25) is 5.02 Å². The number of nitrogens with zero attached hydrogens (tertiary/aromatic N) is 2. The van der Waals surface area contributed by atoms with Gasteiger partial charge in [-0.05, 0) is 62.8 Å². The van der Waals surface area contributed by atoms with Gasteiger partial charge in [-0.3, -0.25) is 0 Å². The standard InChI is InChI=1S/C20H26ClN3O4S2/c1-23(2)20(18-7-3-4-8-19(18)21)15-22-29(25,26)16-9-11-17(12-10-16)30(27,28)24-13-5-6-14-24/h3-4,7-12,20,22H,5-6,13-15H2,1-2H3. The lowest BCUT2D eigenvalue weighted by molar-refractivity contribution is 0.299. The Morgan fingerprint density at radius 1 is 0.967 bits per heavy atom. The molecular weight excluding hydrogens is 446 g/mol. The fraction of sp³-hybridized carbons (Fsp3) is 0.400. The van der Waals surface area contributed by atoms with Gasteiger partial charge >= 0.3 is 0 Å². The molecule has 1 heterocycles. The Hall–Kier alpha value is -1.49. The third-order valence-electron chi connectivity index (χ3n) is 5.19. The molecule has 7 nitrogen and oxygen atoms in total. The lowest BCUT2D eigenvalue weighted by atomic mass is 10.1. The zero-order valence-electron chi connectivity index (χ0n) is 17.0. The average molecular weight is 472 g/mol. The summed E-state index contributed by atoms with van der Waals surface area (Å²) in [4.78, 5) is 2.00. The van der Waals surface area contributed by atoms with Crippen LogP contribution in [0.5, 0.6) is 0 Å². The minimum Gasteiger partial charge on any atom is -0.301 e. The van der Waals surface area contributed by atoms with Gasteiger partial charge in [0.15, 0.2) is 0 Å². The normalized spacial score (nSPS) is 16.8. The second-order valence-corrected chi connectivity index (χ2v) is 11.5. The molecule has 1 atom stereocenters. The highest BCUT2D eigenvalue weighted by atomic mass is 35.5. The van der Waals surface area contributed by atoms with Crippen LogP contribution >= 0.6 is 11.6 Å². The van der Waals surface area contributed by atoms with E-state index in [4.69, 9.17) is 11.6 Å². The van der Waals surface area contributed by atoms with E-state index in [2.05, 4.69) is 4.72 Å². The van der Waals surface area contributed by atoms with Crippen molar-refractivity contribution in [2.75, 3.05) is 33.7 Å². The maximum Gasteiger partial charge on any atom is 0.243 e. The van der Waals surface area contributed by atoms with Crippen molar-refractivity contribution in [3.63, 3.8) is 0 Å². The number of rotatable bonds is 8. The monoisotopic (exact) mass is 471 g/mol. The summed E-state index contributed by atoms with van der Waals surface area (Å²) in [5.41, 5.74) is 0.818. The Balaban J connectivity index is 1.76. The van der Waals surface area contributed by atoms with E-state index >= 15 is 0 Å². The predicted molar refractivity (Wildman–Crippen MR) is 118 cm³/mol. The van der Waals surface area contributed by atoms with Gasteiger partial charge in [-0.25, -0.2) is 21.6 Å². The molecule has 0 aromatic heterocycles. The number of hydrogen-bond acceptors (Lipinski definition) is 5. The highest BCUT2D eigenvalue weighted by Crippen LogP contribution is 2.26. The number of benzene rings is 2. The van der Waals surface area contributed by atoms with Gasteiger partial charge in [-0.2, -0.15) is 4.31 Å². The molecule has 0 radical (unpaired) electrons. The van der Waals surface area contributed by atoms with Crippen molar-refractivity contribution in [2.45, 2.75) is 28.7 Å². The molecule has 2 aromatic carbocycles. The van der Waals surface area contributed by atoms with Crippen molar-refractivity contribution in [1.29, 1.82) is 0 Å². The van der Waals surface area contributed by atoms with E-state index in [0.717, 1.165) is 18.4 Å². The fourth-order valence-electron chi connectivity index (χ4n) is 3.46. The molecule has 0 bridgehead atoms. The number of hydrogen-bond donors (Lipinski definition) is 1. The van der Waals surface area contributed by atoms with Gasteiger partial charge in [-0.1, -0.05) is 29.8 Å². The van der Waals surface area contributed by atoms with Gasteiger partial charge in [0.2, 0.25) is 20.0 Å². The summed E-state index contributed by atoms with van der Waals surface area (Å²) in [6.07, 6.45) is 1.68. The van der Waals surface area contributed by atoms with Crippen molar-refractivity contribution < 1.29 is 16.8 Å². The van der Waals surface area contributed by atoms with E-state index in [-0.39, 0.29) is 22.4 Å². The van der Waals surface area contributed by atoms with Crippen LogP contribution in [-0.4, -0.2) is 59.8 Å². The molecule has 1 fully saturated rings. The Morgan fingerprint density at radius 2 is 1.53 bits per heavy atom. The molecule has 1 saturated heterocycles. The largest absolute Gasteiger partial charge is 0.301 e. The molecule has 0 spiro atoms. The zero-order valence-corrected chi connectivity index (χ0v) is 19.3. The summed E-state index contributed by atoms with van der Waals surface area (Å²) >= 11 is 6.28. The van der Waals surface area contributed by atoms with Crippen LogP contribution in [0, 0.1) is 0 Å². The van der Waals surface area contributed by atoms with Crippen LogP contribution < -0.4 is 4.72 Å². The van der Waals surface area contributed by atoms with Crippen LogP contribution in [0.4, 0.5) is 0 Å². The number of likely N-dealkylation sites (N-methyl/N-ethyl adjacent to an activating group) is 1. The first-order chi connectivity index (χ1) is 14.1. The van der Waals surface area contributed by atoms with E-state index in [9.17, 15) is 16.8 Å². The van der Waals surface area contributed by atoms with Crippen LogP contribution in [0.15, 0.2) is 58.3 Å². The lowest BCUT2D eigenvalue weighted by Crippen LogP contribution is -2.34. The topological polar surface area (TPSA) is 86.8 Å². The maximum absolute atomic E-state index is 12.8. The highest BCUT2D eigenvalue weighted by Gasteiger charge is 2.28. The SMILES string of the molecule is CN(C)C(CNS(=O)(=O)c1ccc(S(=O)(=O)N2CCCC2)cc1)c1ccccc1Cl. The summed E-state index contributed by atoms with van der Waals surface area (Å²) in [6.45, 7) is 1.11. The smallest absolute Gasteiger partial charge is 0.243 e. The van der Waals surface area contributed by atoms with Crippen LogP contribution in [0.3, 0.4) is 0 Å². The molecule has 1 N–H and O–H groups in total. The molecule has 1 aliphatic rings. The number of nitrogens with one attached hydrogen (secondary N) is 1. The number of halogens is 1. The second kappa shape index (κ2) is 9.33. The molecule has 3 rings (SSSR count). The van der Waals surface area contributed by atoms with Gasteiger partial charge in [-0.15, -0.1) is 0 Å². The first kappa shape index (κ1) is 23.2. The summed E-state index contributed by atoms with van der Waals surface area (Å²) in [5.74, 6) is 0. The molecule has 0 amide bonds. The van der Waals surface area contributed by atoms with Gasteiger partial charge in [0.05, 0.1) is 9.79 Å². The summed E-state index contributed by atoms with van der Waals surface area (Å²) in [7, 11) is -3.71. The summed E-state index contributed by atoms with van der Waals surface area (Å²) in [6, 6.07) is 12.4. The molecular formula is C20H26ClN3O4S2. The maximum atomic E-state index is 12.8. The molecule has 1 aliphatic heterocycles. The average Bonchev–Trinajstić information content (AvgIpc) is 3.25. The van der Waals surface area contributed by atoms with Gasteiger partial charge < -0.3 is 4.90 Å². The van der Waals surface area contributed by atoms with Crippen molar-refractivity contribution >= 4 is 31.6 Å². The Bertz CT molecular complexity index is 1080. The van der Waals surface area contributed by atoms with Crippen molar-refractivity contribution in [1.82, 2.24) is 13.9 Å². The van der Waals surface area contributed by atoms with Crippen LogP contribution in [0.1, 0.15) is 24.4 Å². The van der Waals surface area contributed by atoms with Crippen molar-refractivity contribution in [3.8, 4) is 0 Å². The number of sulfonamides is 2. The molecule has 0 saturated carbocycles. The third kappa shape index (κ3) is 5.04. The van der Waals surface area contributed by atoms with Crippen LogP contribution in [-0.2, 0) is 20.0 Å². The molecule has 0 aliphatic carbocycles. The van der Waals surface area contributed by atoms with Gasteiger partial charge in [0.25, 0.3) is 0 Å². The van der Waals surface area contributed by atoms with Gasteiger partial charge in [0.1, 0.15) is 0 Å². The predicted octanol–water partition coefficient (Wildman–Crippen LogP) is 2.71. The Morgan fingerprint density at radius 3 is 2.10 bits per heavy atom. The summed E-state index contributed by atoms with van der Waals surface area (Å²) < 4.78 is 54.8. The van der Waals surface area contributed by atoms with Crippen LogP contribution in [0.25, 0.3) is 0 Å². The molecule has 10 heteroatoms. The quantitative estimate of drug-likeness (QED) is 0.639. The van der Waals surface area contributed by atoms with E-state index < -0.39 is 20.0 Å². The lowest BCUT2D eigenvalue weighted by Gasteiger charge is -2.26. The molecule has 164 valence electrons. The summed E-state index contributed by atoms with van der Waals surface area (Å²) in [5, 5.41) is 0.562. The minimum atomic E-state index is -3.82. The van der Waals surface area contributed by atoms with E-state index in [1.807, 2.05) is 37.2 Å². The van der Waals surface area contributed by atoms with E-state index in [0.29, 0.717) is 18.1 Å². The third-order valence-corrected chi connectivity index (χ3v) is 8.89. The van der Waals surface area contributed by atoms with E-state index in [1.54, 1.807) is 6.07 Å². The Kier molecular flexibility index (Phi) is 7.21. The minimum absolute atomic E-state index is 0.0135. The second-order valence-electron chi connectivity index (χ2n) is 7.44. The fourth-order valence-corrected chi connectivity index (χ4v) is 6.27. The molecule has 30 heavy (non-hydrogen) atoms. The van der Waals surface area contributed by atoms with Crippen molar-refractivity contribution in [2.24, 2.45) is 0 Å². The van der Waals surface area contributed by atoms with Crippen molar-refractivity contribution in [3.05, 3.63) is 59.1 Å². The zero-order chi connectivity index (χ0) is 21.9. The van der Waals surface area contributed by atoms with Gasteiger partial charge in [0, 0.05) is 30.7 Å². The molecule has 2 aromatic rings. The Labute approximate surface area is 183 Å². The highest BCUT2D eigenvalue weighted by molar-refractivity contribution is 7.89. The first-order valence-corrected chi connectivity index (χ1v) is 12.9.